The molecule has 0 heterocycles. The van der Waals surface area contributed by atoms with Crippen LogP contribution in [0, 0.1) is 0 Å². The van der Waals surface area contributed by atoms with E-state index in [0.29, 0.717) is 20.6 Å². The first kappa shape index (κ1) is 38.9. The number of hydrogen-bond acceptors (Lipinski definition) is 0. The second-order valence-electron chi connectivity index (χ2n) is 14.8. The van der Waals surface area contributed by atoms with Gasteiger partial charge in [-0.2, -0.15) is 12.1 Å². The summed E-state index contributed by atoms with van der Waals surface area (Å²) in [6, 6.07) is 27.0. The van der Waals surface area contributed by atoms with Crippen LogP contribution in [0.3, 0.4) is 0 Å². The second kappa shape index (κ2) is 15.7. The third kappa shape index (κ3) is 11.1. The second-order valence-corrected chi connectivity index (χ2v) is 22.5. The smallest absolute Gasteiger partial charge is 0.160 e. The molecule has 0 aliphatic heterocycles. The molecule has 0 bridgehead atoms. The third-order valence-corrected chi connectivity index (χ3v) is 13.6. The van der Waals surface area contributed by atoms with Crippen molar-refractivity contribution in [2.45, 2.75) is 111 Å². The van der Waals surface area contributed by atoms with Gasteiger partial charge in [-0.25, -0.2) is 0 Å². The Labute approximate surface area is 280 Å². The first-order valence-corrected chi connectivity index (χ1v) is 17.6. The molecule has 4 rings (SSSR count). The summed E-state index contributed by atoms with van der Waals surface area (Å²) in [5, 5.41) is 10.0. The van der Waals surface area contributed by atoms with Crippen molar-refractivity contribution in [2.24, 2.45) is 0 Å². The molecule has 0 radical (unpaired) electrons. The molecule has 0 aliphatic carbocycles. The summed E-state index contributed by atoms with van der Waals surface area (Å²) in [5.41, 5.74) is 0. The van der Waals surface area contributed by atoms with Crippen molar-refractivity contribution in [3.05, 3.63) is 97.6 Å². The summed E-state index contributed by atoms with van der Waals surface area (Å²) in [7, 11) is -0.369. The van der Waals surface area contributed by atoms with Crippen LogP contribution in [0.5, 0.6) is 0 Å². The maximum absolute atomic E-state index is 3.46. The summed E-state index contributed by atoms with van der Waals surface area (Å²) in [6.45, 7) is 33.9. The van der Waals surface area contributed by atoms with Gasteiger partial charge in [-0.1, -0.05) is 136 Å². The molecule has 0 saturated carbocycles. The van der Waals surface area contributed by atoms with E-state index < -0.39 is 0 Å². The topological polar surface area (TPSA) is 0 Å². The van der Waals surface area contributed by atoms with E-state index in [1.54, 1.807) is 16.7 Å². The van der Waals surface area contributed by atoms with E-state index in [4.69, 9.17) is 0 Å². The Morgan fingerprint density at radius 1 is 0.571 bits per heavy atom. The number of rotatable bonds is 3. The first-order valence-electron chi connectivity index (χ1n) is 15.0. The average molecular weight is 678 g/mol. The van der Waals surface area contributed by atoms with E-state index in [1.165, 1.54) is 21.5 Å². The van der Waals surface area contributed by atoms with Crippen molar-refractivity contribution in [2.75, 3.05) is 0 Å². The zero-order valence-corrected chi connectivity index (χ0v) is 33.0. The fraction of sp³-hybridized carbons (Fsp3) is 0.436. The van der Waals surface area contributed by atoms with Crippen molar-refractivity contribution in [1.29, 1.82) is 0 Å². The molecule has 0 amide bonds. The van der Waals surface area contributed by atoms with Gasteiger partial charge in [-0.05, 0) is 27.5 Å². The van der Waals surface area contributed by atoms with Crippen LogP contribution in [-0.2, 0) is 26.2 Å². The molecule has 0 saturated heterocycles. The molecular formula is C39H56P2Zr. The van der Waals surface area contributed by atoms with Crippen LogP contribution in [0.2, 0.25) is 0 Å². The molecule has 42 heavy (non-hydrogen) atoms. The zero-order valence-electron chi connectivity index (χ0n) is 28.8. The molecule has 4 aromatic rings. The Kier molecular flexibility index (Phi) is 14.6. The number of benzene rings is 2. The summed E-state index contributed by atoms with van der Waals surface area (Å²) in [5.74, 6) is 0. The van der Waals surface area contributed by atoms with Crippen molar-refractivity contribution < 1.29 is 26.2 Å². The van der Waals surface area contributed by atoms with Gasteiger partial charge >= 0.3 is 26.2 Å². The van der Waals surface area contributed by atoms with Crippen LogP contribution in [0.25, 0.3) is 21.5 Å². The van der Waals surface area contributed by atoms with Gasteiger partial charge in [0.25, 0.3) is 0 Å². The van der Waals surface area contributed by atoms with Gasteiger partial charge in [0.15, 0.2) is 0 Å². The van der Waals surface area contributed by atoms with Gasteiger partial charge in [0.05, 0.1) is 0 Å². The monoisotopic (exact) mass is 676 g/mol. The minimum Gasteiger partial charge on any atom is -0.160 e. The fourth-order valence-electron chi connectivity index (χ4n) is 6.22. The Balaban J connectivity index is 0.000000355. The Morgan fingerprint density at radius 3 is 1.10 bits per heavy atom. The van der Waals surface area contributed by atoms with Gasteiger partial charge < -0.3 is 0 Å². The molecule has 4 aromatic carbocycles. The van der Waals surface area contributed by atoms with Crippen LogP contribution in [0.4, 0.5) is 0 Å². The largest absolute Gasteiger partial charge is 2.00 e. The fourth-order valence-corrected chi connectivity index (χ4v) is 14.4. The Morgan fingerprint density at radius 2 is 0.881 bits per heavy atom. The van der Waals surface area contributed by atoms with E-state index in [1.807, 2.05) is 19.1 Å². The molecule has 226 valence electrons. The molecule has 3 heteroatoms. The molecular weight excluding hydrogens is 622 g/mol. The summed E-state index contributed by atoms with van der Waals surface area (Å²) >= 11 is 0. The standard InChI is InChI=1S/2C17H24P.C5H8.Zr/c2*1-16(2,3)18(17(4,5)6)15-11-13-9-7-8-10-14(13)12-15;1-3-5-4-2;/h2*7-12H,1-6H3;3-5H,1H2,2H3;/q2*-1;;+2/b;;5-4+;. The Hall–Kier alpha value is -1.12. The third-order valence-electron chi connectivity index (χ3n) is 6.73. The summed E-state index contributed by atoms with van der Waals surface area (Å²) in [4.78, 5) is 0. The SMILES string of the molecule is C=C/C=C/C.CC(C)(C)P(c1cc2ccccc2[cH-]1)C(C)(C)C.CC(C)(C)P(c1cc2ccccc2[cH-]1)C(C)(C)C.[Zr+2]. The minimum atomic E-state index is -0.185. The Bertz CT molecular complexity index is 1210. The van der Waals surface area contributed by atoms with Crippen LogP contribution in [0.1, 0.15) is 90.0 Å². The first-order chi connectivity index (χ1) is 18.8. The zero-order chi connectivity index (χ0) is 31.2. The van der Waals surface area contributed by atoms with E-state index in [2.05, 4.69) is 162 Å². The van der Waals surface area contributed by atoms with Gasteiger partial charge in [-0.3, -0.25) is 0 Å². The van der Waals surface area contributed by atoms with Crippen molar-refractivity contribution in [3.63, 3.8) is 0 Å². The molecule has 0 N–H and O–H groups in total. The maximum Gasteiger partial charge on any atom is 2.00 e. The summed E-state index contributed by atoms with van der Waals surface area (Å²) in [6.07, 6.45) is 5.58. The molecule has 0 atom stereocenters. The van der Waals surface area contributed by atoms with E-state index >= 15 is 0 Å². The van der Waals surface area contributed by atoms with Gasteiger partial charge in [0.1, 0.15) is 0 Å². The van der Waals surface area contributed by atoms with Crippen LogP contribution in [0.15, 0.2) is 97.6 Å². The van der Waals surface area contributed by atoms with Crippen LogP contribution in [-0.4, -0.2) is 20.6 Å². The van der Waals surface area contributed by atoms with E-state index in [9.17, 15) is 0 Å². The van der Waals surface area contributed by atoms with Gasteiger partial charge in [0.2, 0.25) is 0 Å². The van der Waals surface area contributed by atoms with Crippen molar-refractivity contribution >= 4 is 48.0 Å². The summed E-state index contributed by atoms with van der Waals surface area (Å²) < 4.78 is 0. The van der Waals surface area contributed by atoms with E-state index in [0.717, 1.165) is 0 Å². The molecule has 0 spiro atoms. The molecule has 0 aromatic heterocycles. The maximum atomic E-state index is 3.46. The van der Waals surface area contributed by atoms with Crippen molar-refractivity contribution in [3.8, 4) is 0 Å². The number of hydrogen-bond donors (Lipinski definition) is 0. The normalized spacial score (nSPS) is 12.6. The molecule has 0 fully saturated rings. The molecule has 0 unspecified atom stereocenters. The number of fused-ring (bicyclic) bond motifs is 2. The average Bonchev–Trinajstić information content (AvgIpc) is 3.39. The molecule has 0 nitrogen and oxygen atoms in total. The predicted octanol–water partition coefficient (Wildman–Crippen LogP) is 12.3. The van der Waals surface area contributed by atoms with Crippen LogP contribution >= 0.6 is 15.8 Å². The minimum absolute atomic E-state index is 0. The van der Waals surface area contributed by atoms with Crippen LogP contribution < -0.4 is 10.6 Å². The molecule has 0 aliphatic rings. The van der Waals surface area contributed by atoms with Gasteiger partial charge in [0, 0.05) is 0 Å². The van der Waals surface area contributed by atoms with E-state index in [-0.39, 0.29) is 42.0 Å². The van der Waals surface area contributed by atoms with Gasteiger partial charge in [-0.15, -0.1) is 80.7 Å². The number of allylic oxidation sites excluding steroid dienone is 3. The predicted molar refractivity (Wildman–Crippen MR) is 196 cm³/mol. The van der Waals surface area contributed by atoms with Crippen molar-refractivity contribution in [1.82, 2.24) is 0 Å². The quantitative estimate of drug-likeness (QED) is 0.115.